The standard InChI is InChI=1S/C15H21N3O2S/c1-10(2)16-15(21)18-17-11(3)4-5-12-6-7-13-14(8-12)20-9-19-13/h6-8,10H,4-5,9H2,1-3H3,(H2,16,18,21). The fourth-order valence-electron chi connectivity index (χ4n) is 1.92. The minimum absolute atomic E-state index is 0.300. The maximum atomic E-state index is 5.37. The SMILES string of the molecule is CC(CCc1ccc2c(c1)OCO2)=NNC(=S)NC(C)C. The van der Waals surface area contributed by atoms with E-state index >= 15 is 0 Å². The second-order valence-electron chi connectivity index (χ2n) is 5.27. The lowest BCUT2D eigenvalue weighted by Gasteiger charge is -2.10. The summed E-state index contributed by atoms with van der Waals surface area (Å²) in [4.78, 5) is 0. The number of benzene rings is 1. The third-order valence-corrected chi connectivity index (χ3v) is 3.19. The first-order chi connectivity index (χ1) is 10.0. The van der Waals surface area contributed by atoms with Gasteiger partial charge in [-0.1, -0.05) is 6.07 Å². The van der Waals surface area contributed by atoms with Gasteiger partial charge in [0.15, 0.2) is 16.6 Å². The first-order valence-electron chi connectivity index (χ1n) is 7.03. The highest BCUT2D eigenvalue weighted by molar-refractivity contribution is 7.80. The van der Waals surface area contributed by atoms with Crippen molar-refractivity contribution < 1.29 is 9.47 Å². The van der Waals surface area contributed by atoms with Gasteiger partial charge in [-0.2, -0.15) is 5.10 Å². The molecule has 1 aliphatic heterocycles. The molecule has 1 aromatic rings. The highest BCUT2D eigenvalue weighted by Crippen LogP contribution is 2.32. The van der Waals surface area contributed by atoms with Gasteiger partial charge in [0.1, 0.15) is 0 Å². The van der Waals surface area contributed by atoms with Crippen LogP contribution in [0.2, 0.25) is 0 Å². The van der Waals surface area contributed by atoms with Crippen LogP contribution in [0.4, 0.5) is 0 Å². The van der Waals surface area contributed by atoms with Crippen LogP contribution in [0, 0.1) is 0 Å². The topological polar surface area (TPSA) is 54.9 Å². The van der Waals surface area contributed by atoms with E-state index in [-0.39, 0.29) is 0 Å². The molecule has 1 heterocycles. The van der Waals surface area contributed by atoms with Crippen LogP contribution in [0.15, 0.2) is 23.3 Å². The Morgan fingerprint density at radius 3 is 2.86 bits per heavy atom. The molecule has 1 aliphatic rings. The minimum Gasteiger partial charge on any atom is -0.454 e. The average Bonchev–Trinajstić information content (AvgIpc) is 2.89. The molecule has 0 atom stereocenters. The molecule has 0 unspecified atom stereocenters. The molecule has 114 valence electrons. The Balaban J connectivity index is 1.80. The zero-order valence-corrected chi connectivity index (χ0v) is 13.4. The van der Waals surface area contributed by atoms with Crippen molar-refractivity contribution in [3.63, 3.8) is 0 Å². The summed E-state index contributed by atoms with van der Waals surface area (Å²) < 4.78 is 10.7. The minimum atomic E-state index is 0.300. The van der Waals surface area contributed by atoms with E-state index in [0.29, 0.717) is 17.9 Å². The summed E-state index contributed by atoms with van der Waals surface area (Å²) in [6.45, 7) is 6.36. The number of ether oxygens (including phenoxy) is 2. The van der Waals surface area contributed by atoms with Gasteiger partial charge in [0.2, 0.25) is 6.79 Å². The molecule has 0 spiro atoms. The van der Waals surface area contributed by atoms with Crippen molar-refractivity contribution >= 4 is 23.0 Å². The maximum absolute atomic E-state index is 5.37. The number of hydrazone groups is 1. The van der Waals surface area contributed by atoms with Crippen molar-refractivity contribution in [1.29, 1.82) is 0 Å². The van der Waals surface area contributed by atoms with Crippen LogP contribution in [-0.2, 0) is 6.42 Å². The van der Waals surface area contributed by atoms with Gasteiger partial charge in [-0.3, -0.25) is 5.43 Å². The van der Waals surface area contributed by atoms with Crippen molar-refractivity contribution in [3.05, 3.63) is 23.8 Å². The number of aryl methyl sites for hydroxylation is 1. The highest BCUT2D eigenvalue weighted by atomic mass is 32.1. The lowest BCUT2D eigenvalue weighted by atomic mass is 10.1. The maximum Gasteiger partial charge on any atom is 0.231 e. The molecule has 0 saturated heterocycles. The van der Waals surface area contributed by atoms with Crippen LogP contribution in [0.1, 0.15) is 32.8 Å². The molecular weight excluding hydrogens is 286 g/mol. The van der Waals surface area contributed by atoms with Crippen molar-refractivity contribution in [2.45, 2.75) is 39.7 Å². The van der Waals surface area contributed by atoms with Gasteiger partial charge >= 0.3 is 0 Å². The number of thiocarbonyl (C=S) groups is 1. The summed E-state index contributed by atoms with van der Waals surface area (Å²) in [5.41, 5.74) is 5.06. The van der Waals surface area contributed by atoms with E-state index < -0.39 is 0 Å². The van der Waals surface area contributed by atoms with Crippen LogP contribution in [-0.4, -0.2) is 23.7 Å². The van der Waals surface area contributed by atoms with Crippen molar-refractivity contribution in [3.8, 4) is 11.5 Å². The smallest absolute Gasteiger partial charge is 0.231 e. The summed E-state index contributed by atoms with van der Waals surface area (Å²) >= 11 is 5.12. The van der Waals surface area contributed by atoms with Gasteiger partial charge in [-0.05, 0) is 63.5 Å². The van der Waals surface area contributed by atoms with E-state index in [0.717, 1.165) is 30.1 Å². The average molecular weight is 307 g/mol. The normalized spacial score (nSPS) is 13.4. The molecule has 2 N–H and O–H groups in total. The Hall–Kier alpha value is -1.82. The summed E-state index contributed by atoms with van der Waals surface area (Å²) in [5, 5.41) is 7.90. The number of nitrogens with one attached hydrogen (secondary N) is 2. The molecule has 0 aromatic heterocycles. The van der Waals surface area contributed by atoms with Gasteiger partial charge in [-0.25, -0.2) is 0 Å². The zero-order chi connectivity index (χ0) is 15.2. The molecule has 0 fully saturated rings. The molecule has 6 heteroatoms. The second kappa shape index (κ2) is 7.26. The molecule has 0 bridgehead atoms. The number of hydrogen-bond donors (Lipinski definition) is 2. The lowest BCUT2D eigenvalue weighted by molar-refractivity contribution is 0.174. The van der Waals surface area contributed by atoms with Gasteiger partial charge in [0.05, 0.1) is 0 Å². The number of fused-ring (bicyclic) bond motifs is 1. The molecule has 1 aromatic carbocycles. The fourth-order valence-corrected chi connectivity index (χ4v) is 2.20. The predicted molar refractivity (Wildman–Crippen MR) is 88.0 cm³/mol. The summed E-state index contributed by atoms with van der Waals surface area (Å²) in [7, 11) is 0. The molecular formula is C15H21N3O2S. The monoisotopic (exact) mass is 307 g/mol. The van der Waals surface area contributed by atoms with Crippen LogP contribution < -0.4 is 20.2 Å². The van der Waals surface area contributed by atoms with E-state index in [1.165, 1.54) is 5.56 Å². The van der Waals surface area contributed by atoms with E-state index in [1.807, 2.05) is 32.9 Å². The number of rotatable bonds is 5. The highest BCUT2D eigenvalue weighted by Gasteiger charge is 2.12. The molecule has 21 heavy (non-hydrogen) atoms. The van der Waals surface area contributed by atoms with E-state index in [4.69, 9.17) is 21.7 Å². The first kappa shape index (κ1) is 15.6. The Morgan fingerprint density at radius 1 is 1.33 bits per heavy atom. The predicted octanol–water partition coefficient (Wildman–Crippen LogP) is 2.60. The van der Waals surface area contributed by atoms with Crippen molar-refractivity contribution in [1.82, 2.24) is 10.7 Å². The molecule has 0 radical (unpaired) electrons. The largest absolute Gasteiger partial charge is 0.454 e. The molecule has 5 nitrogen and oxygen atoms in total. The summed E-state index contributed by atoms with van der Waals surface area (Å²) in [6.07, 6.45) is 1.76. The third kappa shape index (κ3) is 4.90. The quantitative estimate of drug-likeness (QED) is 0.497. The summed E-state index contributed by atoms with van der Waals surface area (Å²) in [5.74, 6) is 1.64. The Morgan fingerprint density at radius 2 is 2.10 bits per heavy atom. The van der Waals surface area contributed by atoms with Crippen LogP contribution in [0.25, 0.3) is 0 Å². The van der Waals surface area contributed by atoms with Crippen LogP contribution >= 0.6 is 12.2 Å². The molecule has 2 rings (SSSR count). The Bertz CT molecular complexity index is 544. The molecule has 0 amide bonds. The van der Waals surface area contributed by atoms with Crippen molar-refractivity contribution in [2.75, 3.05) is 6.79 Å². The van der Waals surface area contributed by atoms with Gasteiger partial charge in [0.25, 0.3) is 0 Å². The lowest BCUT2D eigenvalue weighted by Crippen LogP contribution is -2.37. The number of nitrogens with zero attached hydrogens (tertiary/aromatic N) is 1. The summed E-state index contributed by atoms with van der Waals surface area (Å²) in [6, 6.07) is 6.33. The van der Waals surface area contributed by atoms with E-state index in [1.54, 1.807) is 0 Å². The van der Waals surface area contributed by atoms with E-state index in [2.05, 4.69) is 21.9 Å². The Labute approximate surface area is 130 Å². The van der Waals surface area contributed by atoms with Gasteiger partial charge in [0, 0.05) is 11.8 Å². The van der Waals surface area contributed by atoms with Crippen molar-refractivity contribution in [2.24, 2.45) is 5.10 Å². The van der Waals surface area contributed by atoms with Crippen LogP contribution in [0.5, 0.6) is 11.5 Å². The number of hydrogen-bond acceptors (Lipinski definition) is 4. The Kier molecular flexibility index (Phi) is 5.38. The first-order valence-corrected chi connectivity index (χ1v) is 7.43. The third-order valence-electron chi connectivity index (χ3n) is 2.98. The molecule has 0 saturated carbocycles. The molecule has 0 aliphatic carbocycles. The van der Waals surface area contributed by atoms with Crippen LogP contribution in [0.3, 0.4) is 0 Å². The fraction of sp³-hybridized carbons (Fsp3) is 0.467. The second-order valence-corrected chi connectivity index (χ2v) is 5.68. The van der Waals surface area contributed by atoms with Gasteiger partial charge in [-0.15, -0.1) is 0 Å². The van der Waals surface area contributed by atoms with E-state index in [9.17, 15) is 0 Å². The van der Waals surface area contributed by atoms with Gasteiger partial charge < -0.3 is 14.8 Å². The zero-order valence-electron chi connectivity index (χ0n) is 12.6.